The van der Waals surface area contributed by atoms with Crippen LogP contribution in [0.15, 0.2) is 6.33 Å². The number of hydrogen-bond acceptors (Lipinski definition) is 5. The number of nitrogens with one attached hydrogen (secondary N) is 1. The van der Waals surface area contributed by atoms with Crippen LogP contribution >= 0.6 is 11.3 Å². The summed E-state index contributed by atoms with van der Waals surface area (Å²) >= 11 is 1.54. The van der Waals surface area contributed by atoms with Crippen molar-refractivity contribution in [3.63, 3.8) is 0 Å². The molecule has 0 aromatic carbocycles. The van der Waals surface area contributed by atoms with Gasteiger partial charge in [0.25, 0.3) is 0 Å². The molecule has 0 aliphatic rings. The summed E-state index contributed by atoms with van der Waals surface area (Å²) in [6.45, 7) is 0.786. The van der Waals surface area contributed by atoms with Gasteiger partial charge in [0.05, 0.1) is 0 Å². The van der Waals surface area contributed by atoms with Crippen LogP contribution in [0.25, 0.3) is 4.96 Å². The third-order valence-corrected chi connectivity index (χ3v) is 2.17. The monoisotopic (exact) mass is 169 g/mol. The molecule has 11 heavy (non-hydrogen) atoms. The molecule has 0 unspecified atom stereocenters. The SMILES string of the molecule is CNCc1nn2cnnc2s1. The maximum atomic E-state index is 4.21. The lowest BCUT2D eigenvalue weighted by atomic mass is 10.7. The minimum atomic E-state index is 0.786. The Morgan fingerprint density at radius 2 is 2.64 bits per heavy atom. The molecular formula is C5H7N5S. The van der Waals surface area contributed by atoms with Crippen LogP contribution in [0.3, 0.4) is 0 Å². The fourth-order valence-electron chi connectivity index (χ4n) is 0.824. The van der Waals surface area contributed by atoms with Crippen LogP contribution in [0.1, 0.15) is 5.01 Å². The van der Waals surface area contributed by atoms with E-state index in [0.717, 1.165) is 16.5 Å². The van der Waals surface area contributed by atoms with Crippen molar-refractivity contribution in [2.24, 2.45) is 0 Å². The highest BCUT2D eigenvalue weighted by Crippen LogP contribution is 2.10. The van der Waals surface area contributed by atoms with Crippen molar-refractivity contribution < 1.29 is 0 Å². The van der Waals surface area contributed by atoms with Crippen molar-refractivity contribution in [1.29, 1.82) is 0 Å². The second-order valence-electron chi connectivity index (χ2n) is 2.08. The molecule has 2 aromatic rings. The molecule has 0 saturated heterocycles. The molecule has 2 heterocycles. The Kier molecular flexibility index (Phi) is 1.55. The summed E-state index contributed by atoms with van der Waals surface area (Å²) in [6, 6.07) is 0. The summed E-state index contributed by atoms with van der Waals surface area (Å²) in [7, 11) is 1.89. The van der Waals surface area contributed by atoms with Crippen LogP contribution in [0.5, 0.6) is 0 Å². The van der Waals surface area contributed by atoms with E-state index in [2.05, 4.69) is 20.6 Å². The van der Waals surface area contributed by atoms with E-state index in [0.29, 0.717) is 0 Å². The Bertz CT molecular complexity index is 322. The lowest BCUT2D eigenvalue weighted by Crippen LogP contribution is -2.04. The van der Waals surface area contributed by atoms with Gasteiger partial charge in [-0.3, -0.25) is 0 Å². The van der Waals surface area contributed by atoms with Crippen LogP contribution < -0.4 is 5.32 Å². The molecule has 0 saturated carbocycles. The van der Waals surface area contributed by atoms with E-state index in [-0.39, 0.29) is 0 Å². The van der Waals surface area contributed by atoms with Crippen LogP contribution in [0.4, 0.5) is 0 Å². The third-order valence-electron chi connectivity index (χ3n) is 1.26. The second-order valence-corrected chi connectivity index (χ2v) is 3.12. The minimum absolute atomic E-state index is 0.786. The van der Waals surface area contributed by atoms with Crippen molar-refractivity contribution in [3.8, 4) is 0 Å². The highest BCUT2D eigenvalue weighted by molar-refractivity contribution is 7.16. The zero-order valence-electron chi connectivity index (χ0n) is 5.98. The molecular weight excluding hydrogens is 162 g/mol. The third kappa shape index (κ3) is 1.10. The smallest absolute Gasteiger partial charge is 0.234 e. The van der Waals surface area contributed by atoms with Gasteiger partial charge in [-0.1, -0.05) is 11.3 Å². The Morgan fingerprint density at radius 3 is 3.36 bits per heavy atom. The van der Waals surface area contributed by atoms with E-state index >= 15 is 0 Å². The fraction of sp³-hybridized carbons (Fsp3) is 0.400. The first-order valence-corrected chi connectivity index (χ1v) is 4.02. The lowest BCUT2D eigenvalue weighted by molar-refractivity contribution is 0.779. The van der Waals surface area contributed by atoms with Crippen molar-refractivity contribution in [3.05, 3.63) is 11.3 Å². The molecule has 0 fully saturated rings. The van der Waals surface area contributed by atoms with E-state index in [4.69, 9.17) is 0 Å². The number of aromatic nitrogens is 4. The normalized spacial score (nSPS) is 11.0. The van der Waals surface area contributed by atoms with Crippen LogP contribution in [-0.2, 0) is 6.54 Å². The Labute approximate surface area is 67.1 Å². The molecule has 0 spiro atoms. The highest BCUT2D eigenvalue weighted by atomic mass is 32.1. The molecule has 6 heteroatoms. The first-order valence-electron chi connectivity index (χ1n) is 3.20. The highest BCUT2D eigenvalue weighted by Gasteiger charge is 2.02. The number of rotatable bonds is 2. The lowest BCUT2D eigenvalue weighted by Gasteiger charge is -1.87. The van der Waals surface area contributed by atoms with E-state index in [1.165, 1.54) is 0 Å². The first-order chi connectivity index (χ1) is 5.40. The average Bonchev–Trinajstić information content (AvgIpc) is 2.46. The van der Waals surface area contributed by atoms with Crippen LogP contribution in [0.2, 0.25) is 0 Å². The molecule has 1 N–H and O–H groups in total. The molecule has 0 aliphatic heterocycles. The molecule has 0 bridgehead atoms. The number of fused-ring (bicyclic) bond motifs is 1. The Morgan fingerprint density at radius 1 is 1.73 bits per heavy atom. The summed E-state index contributed by atoms with van der Waals surface area (Å²) < 4.78 is 1.68. The Balaban J connectivity index is 2.42. The van der Waals surface area contributed by atoms with Crippen molar-refractivity contribution >= 4 is 16.3 Å². The van der Waals surface area contributed by atoms with Gasteiger partial charge < -0.3 is 5.32 Å². The van der Waals surface area contributed by atoms with E-state index < -0.39 is 0 Å². The van der Waals surface area contributed by atoms with Gasteiger partial charge in [0, 0.05) is 6.54 Å². The summed E-state index contributed by atoms with van der Waals surface area (Å²) in [6.07, 6.45) is 1.60. The van der Waals surface area contributed by atoms with Crippen molar-refractivity contribution in [2.75, 3.05) is 7.05 Å². The largest absolute Gasteiger partial charge is 0.313 e. The number of nitrogens with zero attached hydrogens (tertiary/aromatic N) is 4. The van der Waals surface area contributed by atoms with Gasteiger partial charge in [0.1, 0.15) is 11.3 Å². The number of hydrogen-bond donors (Lipinski definition) is 1. The molecule has 0 radical (unpaired) electrons. The fourth-order valence-corrected chi connectivity index (χ4v) is 1.65. The predicted octanol–water partition coefficient (Wildman–Crippen LogP) is -0.0948. The van der Waals surface area contributed by atoms with Crippen molar-refractivity contribution in [1.82, 2.24) is 25.1 Å². The molecule has 2 aromatic heterocycles. The topological polar surface area (TPSA) is 55.1 Å². The zero-order chi connectivity index (χ0) is 7.68. The predicted molar refractivity (Wildman–Crippen MR) is 41.4 cm³/mol. The maximum absolute atomic E-state index is 4.21. The molecule has 0 aliphatic carbocycles. The summed E-state index contributed by atoms with van der Waals surface area (Å²) in [5, 5.41) is 15.8. The minimum Gasteiger partial charge on any atom is -0.313 e. The standard InChI is InChI=1S/C5H7N5S/c1-6-2-4-9-10-3-7-8-5(10)11-4/h3,6H,2H2,1H3. The first kappa shape index (κ1) is 6.68. The molecule has 58 valence electrons. The molecule has 2 rings (SSSR count). The molecule has 0 atom stereocenters. The van der Waals surface area contributed by atoms with Crippen LogP contribution in [0, 0.1) is 0 Å². The molecule has 5 nitrogen and oxygen atoms in total. The zero-order valence-corrected chi connectivity index (χ0v) is 6.80. The summed E-state index contributed by atoms with van der Waals surface area (Å²) in [5.41, 5.74) is 0. The van der Waals surface area contributed by atoms with Crippen molar-refractivity contribution in [2.45, 2.75) is 6.54 Å². The van der Waals surface area contributed by atoms with Gasteiger partial charge in [-0.05, 0) is 7.05 Å². The van der Waals surface area contributed by atoms with Gasteiger partial charge >= 0.3 is 0 Å². The average molecular weight is 169 g/mol. The van der Waals surface area contributed by atoms with Gasteiger partial charge in [-0.25, -0.2) is 0 Å². The van der Waals surface area contributed by atoms with Gasteiger partial charge in [0.15, 0.2) is 0 Å². The van der Waals surface area contributed by atoms with E-state index in [9.17, 15) is 0 Å². The van der Waals surface area contributed by atoms with Gasteiger partial charge in [-0.15, -0.1) is 10.2 Å². The quantitative estimate of drug-likeness (QED) is 0.682. The maximum Gasteiger partial charge on any atom is 0.234 e. The van der Waals surface area contributed by atoms with E-state index in [1.54, 1.807) is 22.2 Å². The summed E-state index contributed by atoms with van der Waals surface area (Å²) in [5.74, 6) is 0. The second kappa shape index (κ2) is 2.55. The van der Waals surface area contributed by atoms with Gasteiger partial charge in [-0.2, -0.15) is 9.61 Å². The Hall–Kier alpha value is -1.01. The van der Waals surface area contributed by atoms with Gasteiger partial charge in [0.2, 0.25) is 4.96 Å². The van der Waals surface area contributed by atoms with E-state index in [1.807, 2.05) is 7.05 Å². The summed E-state index contributed by atoms with van der Waals surface area (Å²) in [4.78, 5) is 0.843. The molecule has 0 amide bonds. The van der Waals surface area contributed by atoms with Crippen LogP contribution in [-0.4, -0.2) is 26.9 Å².